The molecule has 0 spiro atoms. The van der Waals surface area contributed by atoms with Crippen molar-refractivity contribution in [2.24, 2.45) is 0 Å². The van der Waals surface area contributed by atoms with Gasteiger partial charge in [-0.3, -0.25) is 4.79 Å². The fraction of sp³-hybridized carbons (Fsp3) is 0.333. The molecule has 0 unspecified atom stereocenters. The van der Waals surface area contributed by atoms with Crippen LogP contribution in [0.15, 0.2) is 71.1 Å². The van der Waals surface area contributed by atoms with Crippen molar-refractivity contribution in [3.05, 3.63) is 87.2 Å². The monoisotopic (exact) mass is 497 g/mol. The fourth-order valence-corrected chi connectivity index (χ4v) is 5.57. The number of hydrogen-bond acceptors (Lipinski definition) is 6. The van der Waals surface area contributed by atoms with E-state index in [0.29, 0.717) is 52.6 Å². The number of carbonyl (C=O) groups excluding carboxylic acids is 2. The Kier molecular flexibility index (Phi) is 7.69. The van der Waals surface area contributed by atoms with Gasteiger partial charge >= 0.3 is 5.97 Å². The van der Waals surface area contributed by atoms with E-state index < -0.39 is 11.9 Å². The van der Waals surface area contributed by atoms with E-state index in [-0.39, 0.29) is 17.5 Å². The highest BCUT2D eigenvalue weighted by atomic mass is 35.5. The SMILES string of the molecule is CCSCCOC(=O)C1=C(C)NC2=C(C(=O)C[C@H](c3ccccc3Cl)C2)[C@@H]1c1cccc(O)c1. The number of carbonyl (C=O) groups is 2. The van der Waals surface area contributed by atoms with Gasteiger partial charge < -0.3 is 15.2 Å². The highest BCUT2D eigenvalue weighted by Crippen LogP contribution is 2.46. The number of benzene rings is 2. The Hall–Kier alpha value is -2.70. The number of esters is 1. The standard InChI is InChI=1S/C27H28ClNO4S/c1-3-34-12-11-33-27(32)24-16(2)29-22-14-18(20-9-4-5-10-21(20)28)15-23(31)26(22)25(24)17-7-6-8-19(30)13-17/h4-10,13,18,25,29-30H,3,11-12,14-15H2,1-2H3/t18-,25-/m1/s1. The zero-order valence-electron chi connectivity index (χ0n) is 19.3. The van der Waals surface area contributed by atoms with Crippen LogP contribution in [-0.2, 0) is 14.3 Å². The number of nitrogens with one attached hydrogen (secondary N) is 1. The molecule has 178 valence electrons. The number of ketones is 1. The van der Waals surface area contributed by atoms with E-state index in [1.807, 2.05) is 37.3 Å². The Labute approximate surface area is 209 Å². The maximum absolute atomic E-state index is 13.6. The lowest BCUT2D eigenvalue weighted by Gasteiger charge is -2.37. The Bertz CT molecular complexity index is 1170. The summed E-state index contributed by atoms with van der Waals surface area (Å²) in [7, 11) is 0. The first kappa shape index (κ1) is 24.4. The molecular formula is C27H28ClNO4S. The molecule has 4 rings (SSSR count). The lowest BCUT2D eigenvalue weighted by molar-refractivity contribution is -0.138. The number of Topliss-reactive ketones (excluding diaryl/α,β-unsaturated/α-hetero) is 1. The van der Waals surface area contributed by atoms with Crippen LogP contribution in [0.4, 0.5) is 0 Å². The summed E-state index contributed by atoms with van der Waals surface area (Å²) in [6, 6.07) is 14.3. The Morgan fingerprint density at radius 3 is 2.74 bits per heavy atom. The maximum Gasteiger partial charge on any atom is 0.336 e. The van der Waals surface area contributed by atoms with E-state index in [1.54, 1.807) is 30.0 Å². The van der Waals surface area contributed by atoms with Crippen LogP contribution in [0.3, 0.4) is 0 Å². The molecule has 7 heteroatoms. The van der Waals surface area contributed by atoms with Crippen molar-refractivity contribution in [3.63, 3.8) is 0 Å². The van der Waals surface area contributed by atoms with Crippen LogP contribution in [0, 0.1) is 0 Å². The molecule has 2 aromatic rings. The number of allylic oxidation sites excluding steroid dienone is 3. The van der Waals surface area contributed by atoms with Crippen molar-refractivity contribution in [3.8, 4) is 5.75 Å². The molecule has 0 fully saturated rings. The zero-order valence-corrected chi connectivity index (χ0v) is 20.8. The van der Waals surface area contributed by atoms with E-state index in [4.69, 9.17) is 16.3 Å². The second-order valence-corrected chi connectivity index (χ2v) is 10.3. The van der Waals surface area contributed by atoms with Gasteiger partial charge in [0, 0.05) is 40.1 Å². The molecule has 2 atom stereocenters. The average Bonchev–Trinajstić information content (AvgIpc) is 2.81. The van der Waals surface area contributed by atoms with Crippen molar-refractivity contribution in [2.75, 3.05) is 18.1 Å². The minimum Gasteiger partial charge on any atom is -0.508 e. The van der Waals surface area contributed by atoms with Crippen LogP contribution >= 0.6 is 23.4 Å². The molecule has 1 heterocycles. The van der Waals surface area contributed by atoms with Gasteiger partial charge in [0.2, 0.25) is 0 Å². The first-order valence-corrected chi connectivity index (χ1v) is 13.0. The molecule has 34 heavy (non-hydrogen) atoms. The molecule has 2 aliphatic rings. The van der Waals surface area contributed by atoms with Gasteiger partial charge in [0.25, 0.3) is 0 Å². The number of ether oxygens (including phenoxy) is 1. The number of dihydropyridines is 1. The second-order valence-electron chi connectivity index (χ2n) is 8.47. The van der Waals surface area contributed by atoms with Crippen LogP contribution in [0.25, 0.3) is 0 Å². The van der Waals surface area contributed by atoms with Crippen molar-refractivity contribution >= 4 is 35.1 Å². The number of thioether (sulfide) groups is 1. The van der Waals surface area contributed by atoms with E-state index in [9.17, 15) is 14.7 Å². The molecule has 0 saturated carbocycles. The normalized spacial score (nSPS) is 20.1. The average molecular weight is 498 g/mol. The number of hydrogen-bond donors (Lipinski definition) is 2. The summed E-state index contributed by atoms with van der Waals surface area (Å²) < 4.78 is 5.59. The van der Waals surface area contributed by atoms with E-state index in [0.717, 1.165) is 17.0 Å². The van der Waals surface area contributed by atoms with Crippen molar-refractivity contribution in [2.45, 2.75) is 38.5 Å². The van der Waals surface area contributed by atoms with E-state index >= 15 is 0 Å². The summed E-state index contributed by atoms with van der Waals surface area (Å²) in [5, 5.41) is 14.1. The van der Waals surface area contributed by atoms with Gasteiger partial charge in [0.05, 0.1) is 5.57 Å². The summed E-state index contributed by atoms with van der Waals surface area (Å²) in [6.07, 6.45) is 0.904. The maximum atomic E-state index is 13.6. The Morgan fingerprint density at radius 1 is 1.21 bits per heavy atom. The summed E-state index contributed by atoms with van der Waals surface area (Å²) in [5.41, 5.74) is 4.07. The zero-order chi connectivity index (χ0) is 24.2. The van der Waals surface area contributed by atoms with Gasteiger partial charge in [-0.2, -0.15) is 11.8 Å². The molecule has 2 N–H and O–H groups in total. The van der Waals surface area contributed by atoms with Crippen LogP contribution in [0.5, 0.6) is 5.75 Å². The topological polar surface area (TPSA) is 75.6 Å². The van der Waals surface area contributed by atoms with Crippen LogP contribution in [-0.4, -0.2) is 35.0 Å². The van der Waals surface area contributed by atoms with Gasteiger partial charge in [0.15, 0.2) is 5.78 Å². The number of aromatic hydroxyl groups is 1. The van der Waals surface area contributed by atoms with E-state index in [1.165, 1.54) is 0 Å². The molecular weight excluding hydrogens is 470 g/mol. The van der Waals surface area contributed by atoms with Gasteiger partial charge in [-0.15, -0.1) is 0 Å². The Morgan fingerprint density at radius 2 is 2.00 bits per heavy atom. The summed E-state index contributed by atoms with van der Waals surface area (Å²) in [5.74, 6) is 0.614. The predicted octanol–water partition coefficient (Wildman–Crippen LogP) is 5.70. The number of halogens is 1. The molecule has 0 radical (unpaired) electrons. The highest BCUT2D eigenvalue weighted by Gasteiger charge is 2.41. The first-order chi connectivity index (χ1) is 16.4. The number of phenolic OH excluding ortho intramolecular Hbond substituents is 1. The molecule has 5 nitrogen and oxygen atoms in total. The summed E-state index contributed by atoms with van der Waals surface area (Å²) >= 11 is 8.14. The molecule has 1 aliphatic heterocycles. The molecule has 1 aliphatic carbocycles. The van der Waals surface area contributed by atoms with Crippen molar-refractivity contribution in [1.82, 2.24) is 5.32 Å². The van der Waals surface area contributed by atoms with Crippen molar-refractivity contribution in [1.29, 1.82) is 0 Å². The lowest BCUT2D eigenvalue weighted by atomic mass is 9.71. The third kappa shape index (κ3) is 5.03. The minimum absolute atomic E-state index is 0.0358. The molecule has 0 saturated heterocycles. The lowest BCUT2D eigenvalue weighted by Crippen LogP contribution is -2.36. The first-order valence-electron chi connectivity index (χ1n) is 11.4. The molecule has 0 amide bonds. The molecule has 0 bridgehead atoms. The van der Waals surface area contributed by atoms with Crippen LogP contribution < -0.4 is 5.32 Å². The summed E-state index contributed by atoms with van der Waals surface area (Å²) in [4.78, 5) is 26.8. The Balaban J connectivity index is 1.73. The largest absolute Gasteiger partial charge is 0.508 e. The third-order valence-corrected chi connectivity index (χ3v) is 7.47. The predicted molar refractivity (Wildman–Crippen MR) is 136 cm³/mol. The number of rotatable bonds is 7. The van der Waals surface area contributed by atoms with Gasteiger partial charge in [0.1, 0.15) is 12.4 Å². The minimum atomic E-state index is -0.602. The van der Waals surface area contributed by atoms with Gasteiger partial charge in [-0.1, -0.05) is 48.9 Å². The second kappa shape index (κ2) is 10.7. The van der Waals surface area contributed by atoms with Crippen molar-refractivity contribution < 1.29 is 19.4 Å². The van der Waals surface area contributed by atoms with E-state index in [2.05, 4.69) is 12.2 Å². The van der Waals surface area contributed by atoms with Gasteiger partial charge in [-0.05, 0) is 54.3 Å². The highest BCUT2D eigenvalue weighted by molar-refractivity contribution is 7.99. The molecule has 0 aromatic heterocycles. The summed E-state index contributed by atoms with van der Waals surface area (Å²) in [6.45, 7) is 4.19. The van der Waals surface area contributed by atoms with Gasteiger partial charge in [-0.25, -0.2) is 4.79 Å². The third-order valence-electron chi connectivity index (χ3n) is 6.26. The van der Waals surface area contributed by atoms with Crippen LogP contribution in [0.1, 0.15) is 49.7 Å². The smallest absolute Gasteiger partial charge is 0.336 e. The van der Waals surface area contributed by atoms with Crippen LogP contribution in [0.2, 0.25) is 5.02 Å². The fourth-order valence-electron chi connectivity index (χ4n) is 4.79. The molecule has 2 aromatic carbocycles. The quantitative estimate of drug-likeness (QED) is 0.377. The number of phenols is 1.